The third kappa shape index (κ3) is 4.19. The van der Waals surface area contributed by atoms with Gasteiger partial charge in [0, 0.05) is 47.1 Å². The van der Waals surface area contributed by atoms with Crippen LogP contribution in [0.5, 0.6) is 0 Å². The topological polar surface area (TPSA) is 186 Å². The van der Waals surface area contributed by atoms with Crippen LogP contribution >= 0.6 is 0 Å². The summed E-state index contributed by atoms with van der Waals surface area (Å²) in [5.74, 6) is -0.316. The second-order valence-corrected chi connectivity index (χ2v) is 12.7. The fourth-order valence-electron chi connectivity index (χ4n) is 6.35. The second kappa shape index (κ2) is 9.66. The minimum Gasteiger partial charge on any atom is -0.330 e. The van der Waals surface area contributed by atoms with E-state index < -0.39 is 9.84 Å². The van der Waals surface area contributed by atoms with E-state index in [-0.39, 0.29) is 40.1 Å². The second-order valence-electron chi connectivity index (χ2n) is 10.7. The molecule has 3 aliphatic heterocycles. The highest BCUT2D eigenvalue weighted by atomic mass is 32.2. The number of pyridine rings is 1. The fraction of sp³-hybridized carbons (Fsp3) is 0.296. The van der Waals surface area contributed by atoms with Gasteiger partial charge in [-0.25, -0.2) is 23.4 Å². The molecule has 0 aliphatic carbocycles. The minimum atomic E-state index is -3.83. The Hall–Kier alpha value is -4.76. The molecule has 2 bridgehead atoms. The van der Waals surface area contributed by atoms with Gasteiger partial charge in [0.15, 0.2) is 21.0 Å². The van der Waals surface area contributed by atoms with E-state index in [4.69, 9.17) is 10.4 Å². The van der Waals surface area contributed by atoms with E-state index in [0.717, 1.165) is 24.2 Å². The fourth-order valence-corrected chi connectivity index (χ4v) is 7.38. The highest BCUT2D eigenvalue weighted by Crippen LogP contribution is 2.44. The van der Waals surface area contributed by atoms with Crippen LogP contribution in [0.1, 0.15) is 47.9 Å². The molecule has 7 rings (SSSR count). The number of piperidine rings is 1. The monoisotopic (exact) mass is 586 g/mol. The number of fused-ring (bicyclic) bond motifs is 3. The molecule has 2 atom stereocenters. The van der Waals surface area contributed by atoms with E-state index in [9.17, 15) is 18.4 Å². The standard InChI is InChI=1S/C27H26N10O4S/c1-42(40,41)23-22(16-10-17-6-7-18(11-16)36(17)27(38)25-30-14-31-34-25)33-26-19(13-32-37(26)24(23)28)15-5-8-20(29-12-15)21-4-2-3-9-35(21)39/h2-5,8-9,12-14,16-18,28,39H,6-7,10-11H2,1H3,(H,30,31,34). The molecular weight excluding hydrogens is 560 g/mol. The Labute approximate surface area is 238 Å². The lowest BCUT2D eigenvalue weighted by atomic mass is 9.87. The Kier molecular flexibility index (Phi) is 6.02. The van der Waals surface area contributed by atoms with Crippen molar-refractivity contribution in [3.8, 4) is 0 Å². The van der Waals surface area contributed by atoms with E-state index in [1.54, 1.807) is 36.7 Å². The number of amides is 1. The third-order valence-electron chi connectivity index (χ3n) is 8.15. The van der Waals surface area contributed by atoms with Gasteiger partial charge in [-0.05, 0) is 43.9 Å². The number of nitrogens with one attached hydrogen (secondary N) is 2. The largest absolute Gasteiger partial charge is 0.330 e. The molecule has 214 valence electrons. The highest BCUT2D eigenvalue weighted by Gasteiger charge is 2.46. The van der Waals surface area contributed by atoms with E-state index in [2.05, 4.69) is 25.3 Å². The minimum absolute atomic E-state index is 0.112. The van der Waals surface area contributed by atoms with Crippen molar-refractivity contribution >= 4 is 27.1 Å². The van der Waals surface area contributed by atoms with Crippen LogP contribution in [0.3, 0.4) is 0 Å². The lowest BCUT2D eigenvalue weighted by Gasteiger charge is -2.38. The number of carbonyl (C=O) groups excluding carboxylic acids is 1. The number of carbonyl (C=O) groups is 1. The first kappa shape index (κ1) is 26.2. The van der Waals surface area contributed by atoms with Crippen LogP contribution in [0, 0.1) is 15.8 Å². The zero-order chi connectivity index (χ0) is 29.2. The van der Waals surface area contributed by atoms with Crippen LogP contribution in [0.2, 0.25) is 0 Å². The van der Waals surface area contributed by atoms with Crippen molar-refractivity contribution in [1.29, 1.82) is 5.41 Å². The summed E-state index contributed by atoms with van der Waals surface area (Å²) in [6, 6.07) is 3.35. The zero-order valence-electron chi connectivity index (χ0n) is 22.4. The Morgan fingerprint density at radius 1 is 1.12 bits per heavy atom. The summed E-state index contributed by atoms with van der Waals surface area (Å²) in [5.41, 5.74) is 0.932. The first-order valence-corrected chi connectivity index (χ1v) is 15.3. The molecule has 3 N–H and O–H groups in total. The van der Waals surface area contributed by atoms with Crippen LogP contribution in [0.4, 0.5) is 0 Å². The smallest absolute Gasteiger partial charge is 0.291 e. The van der Waals surface area contributed by atoms with E-state index >= 15 is 0 Å². The predicted molar refractivity (Wildman–Crippen MR) is 146 cm³/mol. The molecular formula is C27H26N10O4S. The molecule has 0 saturated carbocycles. The number of allylic oxidation sites excluding steroid dienone is 2. The summed E-state index contributed by atoms with van der Waals surface area (Å²) in [4.78, 5) is 28.2. The Morgan fingerprint density at radius 2 is 1.90 bits per heavy atom. The summed E-state index contributed by atoms with van der Waals surface area (Å²) in [6.07, 6.45) is 14.9. The Bertz CT molecular complexity index is 2090. The molecule has 3 aliphatic rings. The van der Waals surface area contributed by atoms with Crippen LogP contribution in [-0.4, -0.2) is 82.6 Å². The van der Waals surface area contributed by atoms with Crippen LogP contribution in [-0.2, 0) is 9.84 Å². The van der Waals surface area contributed by atoms with Gasteiger partial charge in [0.2, 0.25) is 5.82 Å². The average Bonchev–Trinajstić information content (AvgIpc) is 3.71. The Balaban J connectivity index is 1.35. The molecule has 42 heavy (non-hydrogen) atoms. The molecule has 7 heterocycles. The van der Waals surface area contributed by atoms with Crippen molar-refractivity contribution in [3.63, 3.8) is 0 Å². The summed E-state index contributed by atoms with van der Waals surface area (Å²) in [7, 11) is -3.83. The quantitative estimate of drug-likeness (QED) is 0.306. The van der Waals surface area contributed by atoms with Crippen molar-refractivity contribution in [2.45, 2.75) is 48.6 Å². The van der Waals surface area contributed by atoms with Gasteiger partial charge in [-0.2, -0.15) is 14.7 Å². The van der Waals surface area contributed by atoms with Gasteiger partial charge in [-0.15, -0.1) is 0 Å². The van der Waals surface area contributed by atoms with Gasteiger partial charge in [0.25, 0.3) is 5.91 Å². The number of sulfone groups is 1. The number of rotatable bonds is 3. The van der Waals surface area contributed by atoms with Gasteiger partial charge in [-0.3, -0.25) is 25.5 Å². The number of hydrogen-bond donors (Lipinski definition) is 3. The molecule has 4 aromatic rings. The number of hydrogen-bond acceptors (Lipinski definition) is 11. The molecule has 14 nitrogen and oxygen atoms in total. The van der Waals surface area contributed by atoms with Gasteiger partial charge in [0.1, 0.15) is 11.2 Å². The lowest BCUT2D eigenvalue weighted by Crippen LogP contribution is -2.47. The predicted octanol–water partition coefficient (Wildman–Crippen LogP) is 0.565. The molecule has 2 fully saturated rings. The highest BCUT2D eigenvalue weighted by molar-refractivity contribution is 7.90. The summed E-state index contributed by atoms with van der Waals surface area (Å²) < 4.78 is 27.3. The molecule has 1 amide bonds. The van der Waals surface area contributed by atoms with Crippen molar-refractivity contribution in [2.24, 2.45) is 0 Å². The normalized spacial score (nSPS) is 24.1. The van der Waals surface area contributed by atoms with Crippen LogP contribution in [0.15, 0.2) is 60.2 Å². The number of hydroxylamine groups is 2. The van der Waals surface area contributed by atoms with Crippen LogP contribution < -0.4 is 10.8 Å². The number of aromatic amines is 1. The molecule has 0 spiro atoms. The van der Waals surface area contributed by atoms with Gasteiger partial charge in [-0.1, -0.05) is 12.1 Å². The van der Waals surface area contributed by atoms with Crippen molar-refractivity contribution in [1.82, 2.24) is 44.7 Å². The molecule has 15 heteroatoms. The molecule has 0 radical (unpaired) electrons. The number of H-pyrrole nitrogens is 1. The molecule has 2 saturated heterocycles. The summed E-state index contributed by atoms with van der Waals surface area (Å²) in [6.45, 7) is 0. The summed E-state index contributed by atoms with van der Waals surface area (Å²) in [5, 5.41) is 32.6. The molecule has 4 aromatic heterocycles. The third-order valence-corrected chi connectivity index (χ3v) is 9.29. The first-order valence-electron chi connectivity index (χ1n) is 13.4. The van der Waals surface area contributed by atoms with Gasteiger partial charge < -0.3 is 4.90 Å². The van der Waals surface area contributed by atoms with E-state index in [0.29, 0.717) is 45.7 Å². The van der Waals surface area contributed by atoms with Crippen molar-refractivity contribution in [2.75, 3.05) is 6.26 Å². The lowest BCUT2D eigenvalue weighted by molar-refractivity contribution is 0.0239. The number of nitrogens with zero attached hydrogens (tertiary/aromatic N) is 8. The van der Waals surface area contributed by atoms with Gasteiger partial charge >= 0.3 is 0 Å². The average molecular weight is 587 g/mol. The van der Waals surface area contributed by atoms with E-state index in [1.165, 1.54) is 17.0 Å². The number of aromatic nitrogens is 7. The Morgan fingerprint density at radius 3 is 2.55 bits per heavy atom. The van der Waals surface area contributed by atoms with Gasteiger partial charge in [0.05, 0.1) is 22.9 Å². The van der Waals surface area contributed by atoms with Crippen LogP contribution in [0.25, 0.3) is 11.3 Å². The maximum Gasteiger partial charge on any atom is 0.291 e. The summed E-state index contributed by atoms with van der Waals surface area (Å²) >= 11 is 0. The maximum absolute atomic E-state index is 13.1. The van der Waals surface area contributed by atoms with E-state index in [1.807, 2.05) is 11.0 Å². The van der Waals surface area contributed by atoms with Crippen molar-refractivity contribution < 1.29 is 18.4 Å². The zero-order valence-corrected chi connectivity index (χ0v) is 23.2. The molecule has 0 aromatic carbocycles. The molecule has 2 unspecified atom stereocenters. The maximum atomic E-state index is 13.1. The van der Waals surface area contributed by atoms with Crippen molar-refractivity contribution in [3.05, 3.63) is 88.1 Å². The SMILES string of the molecule is CS(=O)(=O)c1c(C2CC3CCC(C2)N3C(=O)c2ncn[nH]2)nc2c(=c3ccc(=C4C=CC=CN4O)nc3)cnn2c1=N. The first-order chi connectivity index (χ1) is 20.2.